The molecule has 1 saturated heterocycles. The fourth-order valence-electron chi connectivity index (χ4n) is 4.12. The average Bonchev–Trinajstić information content (AvgIpc) is 3.02. The van der Waals surface area contributed by atoms with E-state index in [4.69, 9.17) is 4.74 Å². The van der Waals surface area contributed by atoms with E-state index in [0.717, 1.165) is 20.6 Å². The first-order chi connectivity index (χ1) is 16.1. The Labute approximate surface area is 194 Å². The number of ether oxygens (including phenoxy) is 1. The maximum atomic E-state index is 13.3. The van der Waals surface area contributed by atoms with Gasteiger partial charge in [-0.05, 0) is 47.0 Å². The molecule has 9 heteroatoms. The van der Waals surface area contributed by atoms with E-state index < -0.39 is 36.9 Å². The maximum Gasteiger partial charge on any atom is 0.401 e. The molecule has 3 amide bonds. The third-order valence-corrected chi connectivity index (χ3v) is 5.91. The summed E-state index contributed by atoms with van der Waals surface area (Å²) in [5, 5.41) is 4.53. The first-order valence-electron chi connectivity index (χ1n) is 10.6. The fourth-order valence-corrected chi connectivity index (χ4v) is 4.12. The van der Waals surface area contributed by atoms with E-state index in [-0.39, 0.29) is 6.54 Å². The standard InChI is InChI=1S/C25H24F3N3O3/c1-24(20-10-9-18-5-3-4-6-19(18)13-20)22(32)31(23(33)29-24)16-30(15-25(26,27)28)14-17-7-11-21(34-2)12-8-17/h3-13H,14-16H2,1-2H3,(H,29,33)/t24-/m0/s1. The number of rotatable bonds is 7. The quantitative estimate of drug-likeness (QED) is 0.510. The number of alkyl halides is 3. The van der Waals surface area contributed by atoms with E-state index in [1.807, 2.05) is 36.4 Å². The molecule has 0 aliphatic carbocycles. The molecule has 1 atom stereocenters. The number of carbonyl (C=O) groups is 2. The van der Waals surface area contributed by atoms with Crippen LogP contribution in [0.3, 0.4) is 0 Å². The number of nitrogens with one attached hydrogen (secondary N) is 1. The molecule has 178 valence electrons. The summed E-state index contributed by atoms with van der Waals surface area (Å²) < 4.78 is 45.0. The van der Waals surface area contributed by atoms with Crippen molar-refractivity contribution in [1.82, 2.24) is 15.1 Å². The lowest BCUT2D eigenvalue weighted by atomic mass is 9.90. The Morgan fingerprint density at radius 2 is 1.68 bits per heavy atom. The van der Waals surface area contributed by atoms with Gasteiger partial charge in [0.15, 0.2) is 0 Å². The summed E-state index contributed by atoms with van der Waals surface area (Å²) in [6, 6.07) is 18.8. The van der Waals surface area contributed by atoms with Crippen LogP contribution in [-0.2, 0) is 16.9 Å². The van der Waals surface area contributed by atoms with Crippen LogP contribution in [0.25, 0.3) is 10.8 Å². The fraction of sp³-hybridized carbons (Fsp3) is 0.280. The van der Waals surface area contributed by atoms with Crippen LogP contribution < -0.4 is 10.1 Å². The molecule has 0 bridgehead atoms. The normalized spacial score (nSPS) is 18.6. The zero-order valence-electron chi connectivity index (χ0n) is 18.7. The van der Waals surface area contributed by atoms with E-state index in [1.165, 1.54) is 7.11 Å². The van der Waals surface area contributed by atoms with Gasteiger partial charge >= 0.3 is 12.2 Å². The first kappa shape index (κ1) is 23.6. The van der Waals surface area contributed by atoms with Crippen molar-refractivity contribution in [2.24, 2.45) is 0 Å². The predicted molar refractivity (Wildman–Crippen MR) is 121 cm³/mol. The van der Waals surface area contributed by atoms with Crippen molar-refractivity contribution in [3.8, 4) is 5.75 Å². The Hall–Kier alpha value is -3.59. The number of nitrogens with zero attached hydrogens (tertiary/aromatic N) is 2. The Kier molecular flexibility index (Phi) is 6.22. The third-order valence-electron chi connectivity index (χ3n) is 5.91. The van der Waals surface area contributed by atoms with E-state index in [1.54, 1.807) is 37.3 Å². The first-order valence-corrected chi connectivity index (χ1v) is 10.6. The molecule has 0 radical (unpaired) electrons. The Morgan fingerprint density at radius 1 is 1.00 bits per heavy atom. The molecule has 1 aliphatic heterocycles. The molecule has 6 nitrogen and oxygen atoms in total. The summed E-state index contributed by atoms with van der Waals surface area (Å²) >= 11 is 0. The molecule has 0 spiro atoms. The van der Waals surface area contributed by atoms with Crippen molar-refractivity contribution < 1.29 is 27.5 Å². The number of hydrogen-bond donors (Lipinski definition) is 1. The minimum atomic E-state index is -4.51. The molecular formula is C25H24F3N3O3. The third kappa shape index (κ3) is 4.84. The highest BCUT2D eigenvalue weighted by atomic mass is 19.4. The van der Waals surface area contributed by atoms with Crippen LogP contribution in [0.2, 0.25) is 0 Å². The summed E-state index contributed by atoms with van der Waals surface area (Å²) in [5.41, 5.74) is -0.232. The topological polar surface area (TPSA) is 61.9 Å². The van der Waals surface area contributed by atoms with E-state index in [0.29, 0.717) is 16.9 Å². The Bertz CT molecular complexity index is 1210. The molecule has 1 aliphatic rings. The van der Waals surface area contributed by atoms with Gasteiger partial charge in [0, 0.05) is 6.54 Å². The number of urea groups is 1. The Balaban J connectivity index is 1.58. The molecule has 3 aromatic carbocycles. The van der Waals surface area contributed by atoms with Gasteiger partial charge in [-0.25, -0.2) is 9.69 Å². The summed E-state index contributed by atoms with van der Waals surface area (Å²) in [6.45, 7) is -0.315. The molecule has 1 fully saturated rings. The molecule has 1 N–H and O–H groups in total. The minimum Gasteiger partial charge on any atom is -0.497 e. The molecule has 0 saturated carbocycles. The number of methoxy groups -OCH3 is 1. The zero-order chi connectivity index (χ0) is 24.5. The molecule has 34 heavy (non-hydrogen) atoms. The number of benzene rings is 3. The second-order valence-corrected chi connectivity index (χ2v) is 8.44. The van der Waals surface area contributed by atoms with Crippen LogP contribution in [0, 0.1) is 0 Å². The highest BCUT2D eigenvalue weighted by molar-refractivity contribution is 6.07. The van der Waals surface area contributed by atoms with Gasteiger partial charge in [-0.3, -0.25) is 9.69 Å². The van der Waals surface area contributed by atoms with Gasteiger partial charge in [0.25, 0.3) is 5.91 Å². The van der Waals surface area contributed by atoms with Gasteiger partial charge in [0.1, 0.15) is 11.3 Å². The minimum absolute atomic E-state index is 0.104. The largest absolute Gasteiger partial charge is 0.497 e. The number of amides is 3. The predicted octanol–water partition coefficient (Wildman–Crippen LogP) is 4.64. The molecule has 0 aromatic heterocycles. The van der Waals surface area contributed by atoms with Gasteiger partial charge in [-0.15, -0.1) is 0 Å². The number of halogens is 3. The lowest BCUT2D eigenvalue weighted by Crippen LogP contribution is -2.46. The van der Waals surface area contributed by atoms with Crippen molar-refractivity contribution >= 4 is 22.7 Å². The van der Waals surface area contributed by atoms with Crippen molar-refractivity contribution in [3.05, 3.63) is 77.9 Å². The van der Waals surface area contributed by atoms with Crippen LogP contribution in [0.5, 0.6) is 5.75 Å². The van der Waals surface area contributed by atoms with Crippen molar-refractivity contribution in [3.63, 3.8) is 0 Å². The molecular weight excluding hydrogens is 447 g/mol. The van der Waals surface area contributed by atoms with Crippen LogP contribution in [-0.4, -0.2) is 48.2 Å². The number of carbonyl (C=O) groups excluding carboxylic acids is 2. The highest BCUT2D eigenvalue weighted by Crippen LogP contribution is 2.31. The monoisotopic (exact) mass is 471 g/mol. The zero-order valence-corrected chi connectivity index (χ0v) is 18.7. The maximum absolute atomic E-state index is 13.3. The number of hydrogen-bond acceptors (Lipinski definition) is 4. The van der Waals surface area contributed by atoms with Crippen LogP contribution >= 0.6 is 0 Å². The summed E-state index contributed by atoms with van der Waals surface area (Å²) in [5.74, 6) is -0.0268. The summed E-state index contributed by atoms with van der Waals surface area (Å²) in [4.78, 5) is 27.9. The molecule has 4 rings (SSSR count). The SMILES string of the molecule is COc1ccc(CN(CN2C(=O)N[C@@](C)(c3ccc4ccccc4c3)C2=O)CC(F)(F)F)cc1. The van der Waals surface area contributed by atoms with Gasteiger partial charge in [0.05, 0.1) is 20.3 Å². The van der Waals surface area contributed by atoms with Crippen LogP contribution in [0.1, 0.15) is 18.1 Å². The molecule has 3 aromatic rings. The number of fused-ring (bicyclic) bond motifs is 1. The lowest BCUT2D eigenvalue weighted by Gasteiger charge is -2.28. The van der Waals surface area contributed by atoms with Crippen molar-refractivity contribution in [2.75, 3.05) is 20.3 Å². The summed E-state index contributed by atoms with van der Waals surface area (Å²) in [6.07, 6.45) is -4.51. The average molecular weight is 471 g/mol. The van der Waals surface area contributed by atoms with Gasteiger partial charge in [-0.2, -0.15) is 13.2 Å². The smallest absolute Gasteiger partial charge is 0.401 e. The second-order valence-electron chi connectivity index (χ2n) is 8.44. The Morgan fingerprint density at radius 3 is 2.32 bits per heavy atom. The van der Waals surface area contributed by atoms with Gasteiger partial charge in [-0.1, -0.05) is 48.5 Å². The van der Waals surface area contributed by atoms with Crippen molar-refractivity contribution in [2.45, 2.75) is 25.2 Å². The summed E-state index contributed by atoms with van der Waals surface area (Å²) in [7, 11) is 1.50. The lowest BCUT2D eigenvalue weighted by molar-refractivity contribution is -0.154. The van der Waals surface area contributed by atoms with E-state index in [9.17, 15) is 22.8 Å². The number of imide groups is 1. The van der Waals surface area contributed by atoms with Gasteiger partial charge < -0.3 is 10.1 Å². The van der Waals surface area contributed by atoms with Gasteiger partial charge in [0.2, 0.25) is 0 Å². The second kappa shape index (κ2) is 8.98. The van der Waals surface area contributed by atoms with Crippen LogP contribution in [0.4, 0.5) is 18.0 Å². The van der Waals surface area contributed by atoms with Crippen molar-refractivity contribution in [1.29, 1.82) is 0 Å². The highest BCUT2D eigenvalue weighted by Gasteiger charge is 2.49. The van der Waals surface area contributed by atoms with E-state index >= 15 is 0 Å². The molecule has 0 unspecified atom stereocenters. The van der Waals surface area contributed by atoms with Crippen LogP contribution in [0.15, 0.2) is 66.7 Å². The van der Waals surface area contributed by atoms with E-state index in [2.05, 4.69) is 5.32 Å². The molecule has 1 heterocycles.